The number of hydrogen-bond acceptors (Lipinski definition) is 4. The lowest BCUT2D eigenvalue weighted by molar-refractivity contribution is 0.0950. The second kappa shape index (κ2) is 9.12. The number of amides is 1. The number of nitrogens with zero attached hydrogens (tertiary/aromatic N) is 2. The molecule has 0 fully saturated rings. The molecular formula is C24H23F2N3O2. The fourth-order valence-corrected chi connectivity index (χ4v) is 3.91. The number of fused-ring (bicyclic) bond motifs is 1. The van der Waals surface area contributed by atoms with Gasteiger partial charge in [-0.2, -0.15) is 0 Å². The molecule has 2 heterocycles. The zero-order chi connectivity index (χ0) is 21.8. The van der Waals surface area contributed by atoms with Crippen LogP contribution in [-0.4, -0.2) is 37.8 Å². The molecule has 1 aliphatic rings. The molecule has 0 atom stereocenters. The van der Waals surface area contributed by atoms with Crippen LogP contribution >= 0.6 is 0 Å². The van der Waals surface area contributed by atoms with E-state index in [4.69, 9.17) is 4.74 Å². The van der Waals surface area contributed by atoms with Gasteiger partial charge in [-0.05, 0) is 65.9 Å². The largest absolute Gasteiger partial charge is 0.494 e. The Bertz CT molecular complexity index is 1100. The van der Waals surface area contributed by atoms with E-state index in [-0.39, 0.29) is 24.0 Å². The topological polar surface area (TPSA) is 54.5 Å². The molecule has 0 unspecified atom stereocenters. The number of rotatable bonds is 7. The minimum Gasteiger partial charge on any atom is -0.494 e. The molecule has 2 aromatic carbocycles. The minimum atomic E-state index is -0.596. The van der Waals surface area contributed by atoms with Gasteiger partial charge in [-0.3, -0.25) is 4.79 Å². The molecule has 31 heavy (non-hydrogen) atoms. The van der Waals surface area contributed by atoms with Crippen LogP contribution in [0.1, 0.15) is 27.0 Å². The highest BCUT2D eigenvalue weighted by molar-refractivity contribution is 5.98. The number of anilines is 2. The number of carbonyl (C=O) groups is 1. The van der Waals surface area contributed by atoms with Crippen LogP contribution in [0.2, 0.25) is 0 Å². The number of methoxy groups -OCH3 is 1. The van der Waals surface area contributed by atoms with Crippen molar-refractivity contribution < 1.29 is 18.3 Å². The first kappa shape index (κ1) is 20.8. The van der Waals surface area contributed by atoms with Crippen LogP contribution in [0.4, 0.5) is 20.3 Å². The first-order valence-electron chi connectivity index (χ1n) is 10.1. The van der Waals surface area contributed by atoms with E-state index in [1.165, 1.54) is 13.2 Å². The maximum atomic E-state index is 14.0. The lowest BCUT2D eigenvalue weighted by Gasteiger charge is -2.19. The zero-order valence-electron chi connectivity index (χ0n) is 17.2. The van der Waals surface area contributed by atoms with Crippen molar-refractivity contribution in [2.75, 3.05) is 31.8 Å². The normalized spacial score (nSPS) is 12.5. The van der Waals surface area contributed by atoms with Crippen LogP contribution in [0.15, 0.2) is 54.7 Å². The predicted molar refractivity (Wildman–Crippen MR) is 115 cm³/mol. The van der Waals surface area contributed by atoms with Crippen LogP contribution in [0.3, 0.4) is 0 Å². The van der Waals surface area contributed by atoms with E-state index in [0.717, 1.165) is 28.2 Å². The third-order valence-corrected chi connectivity index (χ3v) is 5.36. The average Bonchev–Trinajstić information content (AvgIpc) is 3.22. The average molecular weight is 423 g/mol. The van der Waals surface area contributed by atoms with Gasteiger partial charge in [0.15, 0.2) is 11.6 Å². The smallest absolute Gasteiger partial charge is 0.251 e. The Labute approximate surface area is 179 Å². The molecule has 0 spiro atoms. The van der Waals surface area contributed by atoms with E-state index >= 15 is 0 Å². The molecule has 1 amide bonds. The number of alkyl halides is 1. The summed E-state index contributed by atoms with van der Waals surface area (Å²) in [5.74, 6) is 0.339. The number of nitrogens with one attached hydrogen (secondary N) is 1. The maximum Gasteiger partial charge on any atom is 0.251 e. The van der Waals surface area contributed by atoms with Crippen molar-refractivity contribution in [1.82, 2.24) is 10.3 Å². The van der Waals surface area contributed by atoms with Crippen molar-refractivity contribution in [2.45, 2.75) is 12.8 Å². The number of aromatic nitrogens is 1. The molecule has 1 aromatic heterocycles. The third kappa shape index (κ3) is 4.35. The summed E-state index contributed by atoms with van der Waals surface area (Å²) in [6.45, 7) is 0.0970. The Kier molecular flexibility index (Phi) is 6.11. The molecule has 0 bridgehead atoms. The molecule has 0 aliphatic carbocycles. The number of carbonyl (C=O) groups excluding carboxylic acids is 1. The van der Waals surface area contributed by atoms with Crippen molar-refractivity contribution in [2.24, 2.45) is 0 Å². The van der Waals surface area contributed by atoms with E-state index < -0.39 is 6.67 Å². The molecule has 7 heteroatoms. The van der Waals surface area contributed by atoms with Crippen LogP contribution in [-0.2, 0) is 12.8 Å². The summed E-state index contributed by atoms with van der Waals surface area (Å²) in [5, 5.41) is 2.59. The zero-order valence-corrected chi connectivity index (χ0v) is 17.2. The molecule has 1 N–H and O–H groups in total. The van der Waals surface area contributed by atoms with Crippen LogP contribution in [0.25, 0.3) is 0 Å². The van der Waals surface area contributed by atoms with Gasteiger partial charge in [0.2, 0.25) is 0 Å². The lowest BCUT2D eigenvalue weighted by Crippen LogP contribution is -2.26. The van der Waals surface area contributed by atoms with Crippen LogP contribution in [0, 0.1) is 5.82 Å². The first-order chi connectivity index (χ1) is 15.1. The van der Waals surface area contributed by atoms with Gasteiger partial charge in [0.1, 0.15) is 12.5 Å². The molecule has 3 aromatic rings. The van der Waals surface area contributed by atoms with Crippen molar-refractivity contribution in [3.63, 3.8) is 0 Å². The van der Waals surface area contributed by atoms with Gasteiger partial charge >= 0.3 is 0 Å². The van der Waals surface area contributed by atoms with Gasteiger partial charge in [-0.25, -0.2) is 13.8 Å². The van der Waals surface area contributed by atoms with Gasteiger partial charge in [0.25, 0.3) is 5.91 Å². The SMILES string of the molecule is COc1ccc(Cc2ccnc(N3CCc4c(C(=O)NCCF)cccc43)c2)cc1F. The minimum absolute atomic E-state index is 0.00176. The van der Waals surface area contributed by atoms with Crippen molar-refractivity contribution in [1.29, 1.82) is 0 Å². The predicted octanol–water partition coefficient (Wildman–Crippen LogP) is 4.21. The number of pyridine rings is 1. The summed E-state index contributed by atoms with van der Waals surface area (Å²) in [5.41, 5.74) is 4.26. The monoisotopic (exact) mass is 423 g/mol. The highest BCUT2D eigenvalue weighted by atomic mass is 19.1. The summed E-state index contributed by atoms with van der Waals surface area (Å²) in [6, 6.07) is 14.4. The number of benzene rings is 2. The number of hydrogen-bond donors (Lipinski definition) is 1. The van der Waals surface area contributed by atoms with E-state index in [2.05, 4.69) is 15.2 Å². The van der Waals surface area contributed by atoms with E-state index in [1.807, 2.05) is 30.3 Å². The summed E-state index contributed by atoms with van der Waals surface area (Å²) in [6.07, 6.45) is 2.99. The molecular weight excluding hydrogens is 400 g/mol. The van der Waals surface area contributed by atoms with Crippen LogP contribution in [0.5, 0.6) is 5.75 Å². The van der Waals surface area contributed by atoms with Gasteiger partial charge in [0.05, 0.1) is 7.11 Å². The number of ether oxygens (including phenoxy) is 1. The second-order valence-corrected chi connectivity index (χ2v) is 7.32. The molecule has 1 aliphatic heterocycles. The summed E-state index contributed by atoms with van der Waals surface area (Å²) in [4.78, 5) is 19.0. The Balaban J connectivity index is 1.57. The molecule has 0 radical (unpaired) electrons. The number of halogens is 2. The fourth-order valence-electron chi connectivity index (χ4n) is 3.91. The maximum absolute atomic E-state index is 14.0. The van der Waals surface area contributed by atoms with Gasteiger partial charge in [-0.1, -0.05) is 12.1 Å². The molecule has 0 saturated carbocycles. The molecule has 5 nitrogen and oxygen atoms in total. The van der Waals surface area contributed by atoms with Crippen molar-refractivity contribution in [3.8, 4) is 5.75 Å². The van der Waals surface area contributed by atoms with Crippen molar-refractivity contribution in [3.05, 3.63) is 82.8 Å². The fraction of sp³-hybridized carbons (Fsp3) is 0.250. The summed E-state index contributed by atoms with van der Waals surface area (Å²) in [7, 11) is 1.44. The van der Waals surface area contributed by atoms with Crippen molar-refractivity contribution >= 4 is 17.4 Å². The summed E-state index contributed by atoms with van der Waals surface area (Å²) < 4.78 is 31.4. The quantitative estimate of drug-likeness (QED) is 0.619. The third-order valence-electron chi connectivity index (χ3n) is 5.36. The van der Waals surface area contributed by atoms with E-state index in [1.54, 1.807) is 18.3 Å². The standard InChI is InChI=1S/C24H23F2N3O2/c1-31-22-6-5-16(14-20(22)26)13-17-7-10-27-23(15-17)29-12-8-18-19(3-2-4-21(18)29)24(30)28-11-9-25/h2-7,10,14-15H,8-9,11-13H2,1H3,(H,28,30). The Hall–Kier alpha value is -3.48. The van der Waals surface area contributed by atoms with Gasteiger partial charge in [0, 0.05) is 30.5 Å². The molecule has 160 valence electrons. The van der Waals surface area contributed by atoms with E-state index in [0.29, 0.717) is 24.9 Å². The van der Waals surface area contributed by atoms with Crippen LogP contribution < -0.4 is 15.0 Å². The lowest BCUT2D eigenvalue weighted by atomic mass is 10.0. The van der Waals surface area contributed by atoms with Gasteiger partial charge < -0.3 is 15.0 Å². The Morgan fingerprint density at radius 1 is 1.19 bits per heavy atom. The molecule has 4 rings (SSSR count). The van der Waals surface area contributed by atoms with Gasteiger partial charge in [-0.15, -0.1) is 0 Å². The summed E-state index contributed by atoms with van der Waals surface area (Å²) >= 11 is 0. The van der Waals surface area contributed by atoms with E-state index in [9.17, 15) is 13.6 Å². The highest BCUT2D eigenvalue weighted by Gasteiger charge is 2.26. The molecule has 0 saturated heterocycles. The second-order valence-electron chi connectivity index (χ2n) is 7.32. The first-order valence-corrected chi connectivity index (χ1v) is 10.1. The highest BCUT2D eigenvalue weighted by Crippen LogP contribution is 2.36. The Morgan fingerprint density at radius 2 is 2.03 bits per heavy atom. The Morgan fingerprint density at radius 3 is 2.81 bits per heavy atom.